The number of hydrogen-bond donors (Lipinski definition) is 1. The van der Waals surface area contributed by atoms with Gasteiger partial charge in [-0.25, -0.2) is 14.2 Å². The number of rotatable bonds is 8. The molecule has 1 fully saturated rings. The number of fused-ring (bicyclic) bond motifs is 1. The smallest absolute Gasteiger partial charge is 0.419 e. The van der Waals surface area contributed by atoms with Gasteiger partial charge in [-0.05, 0) is 64.2 Å². The third kappa shape index (κ3) is 7.81. The second-order valence-electron chi connectivity index (χ2n) is 13.3. The van der Waals surface area contributed by atoms with E-state index in [1.807, 2.05) is 7.05 Å². The fourth-order valence-electron chi connectivity index (χ4n) is 4.82. The summed E-state index contributed by atoms with van der Waals surface area (Å²) in [7, 11) is 0.638. The molecule has 3 heterocycles. The van der Waals surface area contributed by atoms with Gasteiger partial charge in [0.1, 0.15) is 12.3 Å². The lowest BCUT2D eigenvalue weighted by Crippen LogP contribution is -2.47. The molecule has 0 aliphatic carbocycles. The molecule has 0 radical (unpaired) electrons. The number of piperazine rings is 1. The van der Waals surface area contributed by atoms with E-state index in [1.165, 1.54) is 21.4 Å². The quantitative estimate of drug-likeness (QED) is 0.289. The second kappa shape index (κ2) is 12.5. The number of amides is 1. The van der Waals surface area contributed by atoms with Gasteiger partial charge in [0, 0.05) is 58.0 Å². The first-order valence-electron chi connectivity index (χ1n) is 14.5. The fourth-order valence-corrected chi connectivity index (χ4v) is 5.57. The second-order valence-corrected chi connectivity index (χ2v) is 18.9. The molecule has 0 unspecified atom stereocenters. The average molecular weight is 611 g/mol. The number of benzene rings is 1. The van der Waals surface area contributed by atoms with Crippen LogP contribution < -0.4 is 5.56 Å². The standard InChI is InChI=1S/C31H42N4O7Si/c1-31(2,3)42-30(40)35-25-9-8-21(27(36)33-12-10-32(4)11-13-33)16-22(25)18-26(35)24-17-23(29(38)39)19-34(28(24)37)20-41-14-15-43(5,6)7/h8-9,16-19H,10-15,20H2,1-7H3,(H,38,39). The highest BCUT2D eigenvalue weighted by molar-refractivity contribution is 6.76. The van der Waals surface area contributed by atoms with Crippen molar-refractivity contribution in [1.29, 1.82) is 0 Å². The Morgan fingerprint density at radius 2 is 1.65 bits per heavy atom. The SMILES string of the molecule is CN1CCN(C(=O)c2ccc3c(c2)cc(-c2cc(C(=O)O)cn(COCC[Si](C)(C)C)c2=O)n3C(=O)OC(C)(C)C)CC1. The van der Waals surface area contributed by atoms with Gasteiger partial charge in [-0.1, -0.05) is 19.6 Å². The van der Waals surface area contributed by atoms with Crippen LogP contribution in [0.5, 0.6) is 0 Å². The highest BCUT2D eigenvalue weighted by Gasteiger charge is 2.27. The normalized spacial score (nSPS) is 14.7. The molecule has 1 aliphatic heterocycles. The van der Waals surface area contributed by atoms with Crippen LogP contribution in [0.1, 0.15) is 41.5 Å². The van der Waals surface area contributed by atoms with E-state index in [-0.39, 0.29) is 29.5 Å². The van der Waals surface area contributed by atoms with Crippen LogP contribution in [0, 0.1) is 0 Å². The molecule has 1 N–H and O–H groups in total. The van der Waals surface area contributed by atoms with E-state index in [4.69, 9.17) is 9.47 Å². The minimum Gasteiger partial charge on any atom is -0.478 e. The van der Waals surface area contributed by atoms with Crippen LogP contribution in [0.25, 0.3) is 22.2 Å². The van der Waals surface area contributed by atoms with Crippen LogP contribution in [0.2, 0.25) is 25.7 Å². The first kappa shape index (κ1) is 32.2. The third-order valence-corrected chi connectivity index (χ3v) is 8.95. The first-order chi connectivity index (χ1) is 20.0. The lowest BCUT2D eigenvalue weighted by atomic mass is 10.1. The lowest BCUT2D eigenvalue weighted by molar-refractivity contribution is 0.0546. The van der Waals surface area contributed by atoms with Crippen LogP contribution in [-0.2, 0) is 16.2 Å². The highest BCUT2D eigenvalue weighted by atomic mass is 28.3. The minimum absolute atomic E-state index is 0.00250. The van der Waals surface area contributed by atoms with Crippen molar-refractivity contribution in [3.8, 4) is 11.3 Å². The topological polar surface area (TPSA) is 123 Å². The number of carbonyl (C=O) groups excluding carboxylic acids is 2. The number of carbonyl (C=O) groups is 3. The Morgan fingerprint density at radius 3 is 2.26 bits per heavy atom. The molecule has 1 aliphatic rings. The number of likely N-dealkylation sites (N-methyl/N-ethyl adjacent to an activating group) is 1. The number of ether oxygens (including phenoxy) is 2. The number of carboxylic acids is 1. The van der Waals surface area contributed by atoms with Crippen LogP contribution in [0.15, 0.2) is 41.3 Å². The molecule has 43 heavy (non-hydrogen) atoms. The summed E-state index contributed by atoms with van der Waals surface area (Å²) in [5.41, 5.74) is -0.431. The monoisotopic (exact) mass is 610 g/mol. The van der Waals surface area contributed by atoms with E-state index >= 15 is 0 Å². The average Bonchev–Trinajstić information content (AvgIpc) is 3.29. The summed E-state index contributed by atoms with van der Waals surface area (Å²) in [6.45, 7) is 14.9. The Hall–Kier alpha value is -3.74. The zero-order valence-electron chi connectivity index (χ0n) is 26.1. The van der Waals surface area contributed by atoms with E-state index in [0.717, 1.165) is 19.1 Å². The maximum Gasteiger partial charge on any atom is 0.419 e. The molecule has 2 aromatic heterocycles. The van der Waals surface area contributed by atoms with Crippen molar-refractivity contribution >= 4 is 36.9 Å². The molecule has 232 valence electrons. The first-order valence-corrected chi connectivity index (χ1v) is 18.2. The van der Waals surface area contributed by atoms with Gasteiger partial charge in [0.15, 0.2) is 0 Å². The van der Waals surface area contributed by atoms with E-state index in [2.05, 4.69) is 24.5 Å². The molecule has 0 bridgehead atoms. The van der Waals surface area contributed by atoms with Crippen LogP contribution in [-0.4, -0.2) is 95.5 Å². The number of hydrogen-bond acceptors (Lipinski definition) is 7. The van der Waals surface area contributed by atoms with Crippen molar-refractivity contribution in [3.63, 3.8) is 0 Å². The number of nitrogens with zero attached hydrogens (tertiary/aromatic N) is 4. The predicted molar refractivity (Wildman–Crippen MR) is 168 cm³/mol. The summed E-state index contributed by atoms with van der Waals surface area (Å²) < 4.78 is 13.9. The molecule has 0 spiro atoms. The van der Waals surface area contributed by atoms with Crippen molar-refractivity contribution < 1.29 is 29.0 Å². The van der Waals surface area contributed by atoms with Crippen molar-refractivity contribution in [2.24, 2.45) is 0 Å². The predicted octanol–water partition coefficient (Wildman–Crippen LogP) is 4.65. The molecule has 11 nitrogen and oxygen atoms in total. The summed E-state index contributed by atoms with van der Waals surface area (Å²) in [6.07, 6.45) is 0.518. The van der Waals surface area contributed by atoms with E-state index in [0.29, 0.717) is 36.2 Å². The highest BCUT2D eigenvalue weighted by Crippen LogP contribution is 2.30. The van der Waals surface area contributed by atoms with Crippen LogP contribution in [0.3, 0.4) is 0 Å². The van der Waals surface area contributed by atoms with E-state index < -0.39 is 31.3 Å². The van der Waals surface area contributed by atoms with Crippen molar-refractivity contribution in [1.82, 2.24) is 18.9 Å². The zero-order chi connectivity index (χ0) is 31.7. The van der Waals surface area contributed by atoms with Gasteiger partial charge >= 0.3 is 12.1 Å². The number of aromatic carboxylic acids is 1. The molecule has 4 rings (SSSR count). The van der Waals surface area contributed by atoms with Gasteiger partial charge in [-0.15, -0.1) is 0 Å². The molecular weight excluding hydrogens is 568 g/mol. The van der Waals surface area contributed by atoms with E-state index in [1.54, 1.807) is 49.9 Å². The molecule has 1 aromatic carbocycles. The molecule has 0 saturated carbocycles. The summed E-state index contributed by atoms with van der Waals surface area (Å²) in [5, 5.41) is 10.4. The van der Waals surface area contributed by atoms with Gasteiger partial charge in [0.05, 0.1) is 22.3 Å². The lowest BCUT2D eigenvalue weighted by Gasteiger charge is -2.32. The molecule has 1 saturated heterocycles. The van der Waals surface area contributed by atoms with Crippen molar-refractivity contribution in [3.05, 3.63) is 58.0 Å². The molecular formula is C31H42N4O7Si. The molecule has 0 atom stereocenters. The summed E-state index contributed by atoms with van der Waals surface area (Å²) >= 11 is 0. The molecule has 1 amide bonds. The van der Waals surface area contributed by atoms with Gasteiger partial charge in [0.25, 0.3) is 11.5 Å². The Bertz CT molecular complexity index is 1590. The van der Waals surface area contributed by atoms with Crippen molar-refractivity contribution in [2.45, 2.75) is 58.8 Å². The summed E-state index contributed by atoms with van der Waals surface area (Å²) in [4.78, 5) is 56.7. The van der Waals surface area contributed by atoms with E-state index in [9.17, 15) is 24.3 Å². The fraction of sp³-hybridized carbons (Fsp3) is 0.484. The van der Waals surface area contributed by atoms with Crippen LogP contribution in [0.4, 0.5) is 4.79 Å². The van der Waals surface area contributed by atoms with Gasteiger partial charge in [-0.3, -0.25) is 14.2 Å². The number of carboxylic acid groups (broad SMARTS) is 1. The number of aromatic nitrogens is 2. The molecule has 3 aromatic rings. The maximum absolute atomic E-state index is 13.7. The Morgan fingerprint density at radius 1 is 0.977 bits per heavy atom. The summed E-state index contributed by atoms with van der Waals surface area (Å²) in [5.74, 6) is -1.34. The Kier molecular flexibility index (Phi) is 9.33. The minimum atomic E-state index is -1.38. The Labute approximate surface area is 252 Å². The zero-order valence-corrected chi connectivity index (χ0v) is 27.1. The maximum atomic E-state index is 13.7. The van der Waals surface area contributed by atoms with Gasteiger partial charge in [0.2, 0.25) is 0 Å². The third-order valence-electron chi connectivity index (χ3n) is 7.25. The van der Waals surface area contributed by atoms with Gasteiger partial charge in [-0.2, -0.15) is 0 Å². The summed E-state index contributed by atoms with van der Waals surface area (Å²) in [6, 6.07) is 8.78. The molecule has 12 heteroatoms. The number of pyridine rings is 1. The van der Waals surface area contributed by atoms with Crippen LogP contribution >= 0.6 is 0 Å². The van der Waals surface area contributed by atoms with Crippen molar-refractivity contribution in [2.75, 3.05) is 39.8 Å². The van der Waals surface area contributed by atoms with Gasteiger partial charge < -0.3 is 24.4 Å². The largest absolute Gasteiger partial charge is 0.478 e. The Balaban J connectivity index is 1.82.